The molecular weight excluding hydrogens is 760 g/mol. The van der Waals surface area contributed by atoms with Crippen molar-refractivity contribution >= 4 is 5.97 Å². The zero-order valence-corrected chi connectivity index (χ0v) is 34.6. The van der Waals surface area contributed by atoms with E-state index in [1.165, 1.54) is 0 Å². The molecule has 0 aromatic heterocycles. The van der Waals surface area contributed by atoms with E-state index in [1.807, 2.05) is 6.92 Å². The summed E-state index contributed by atoms with van der Waals surface area (Å²) >= 11 is 0. The number of hydrogen-bond donors (Lipinski definition) is 11. The Morgan fingerprint density at radius 1 is 0.741 bits per heavy atom. The van der Waals surface area contributed by atoms with E-state index < -0.39 is 133 Å². The summed E-state index contributed by atoms with van der Waals surface area (Å²) < 4.78 is 23.5. The third kappa shape index (κ3) is 6.33. The molecule has 0 bridgehead atoms. The number of carbonyl (C=O) groups is 1. The maximum absolute atomic E-state index is 13.1. The molecule has 21 unspecified atom stereocenters. The van der Waals surface area contributed by atoms with Crippen molar-refractivity contribution < 1.29 is 79.9 Å². The number of aliphatic hydroxyl groups excluding tert-OH is 10. The highest BCUT2D eigenvalue weighted by Crippen LogP contribution is 2.76. The molecule has 21 atom stereocenters. The number of carboxylic acids is 1. The van der Waals surface area contributed by atoms with Crippen LogP contribution in [0.5, 0.6) is 0 Å². The second kappa shape index (κ2) is 15.2. The summed E-state index contributed by atoms with van der Waals surface area (Å²) in [4.78, 5) is 13.1. The largest absolute Gasteiger partial charge is 0.481 e. The summed E-state index contributed by atoms with van der Waals surface area (Å²) in [6.45, 7) is 10.9. The molecule has 6 fully saturated rings. The number of allylic oxidation sites excluding steroid dienone is 2. The third-order valence-corrected chi connectivity index (χ3v) is 17.4. The first-order valence-electron chi connectivity index (χ1n) is 21.2. The molecule has 5 aliphatic carbocycles. The number of aliphatic hydroxyl groups is 10. The van der Waals surface area contributed by atoms with Gasteiger partial charge in [-0.05, 0) is 90.8 Å². The minimum atomic E-state index is -1.82. The van der Waals surface area contributed by atoms with Crippen LogP contribution in [-0.4, -0.2) is 162 Å². The minimum absolute atomic E-state index is 0.0208. The van der Waals surface area contributed by atoms with Gasteiger partial charge in [0.1, 0.15) is 54.2 Å². The zero-order valence-electron chi connectivity index (χ0n) is 34.6. The first-order chi connectivity index (χ1) is 27.0. The van der Waals surface area contributed by atoms with Crippen LogP contribution in [0.15, 0.2) is 11.6 Å². The summed E-state index contributed by atoms with van der Waals surface area (Å²) in [5, 5.41) is 120. The van der Waals surface area contributed by atoms with Crippen LogP contribution >= 0.6 is 0 Å². The molecule has 16 heteroatoms. The van der Waals surface area contributed by atoms with Crippen LogP contribution in [0.4, 0.5) is 0 Å². The Labute approximate surface area is 339 Å². The normalized spacial score (nSPS) is 55.3. The first-order valence-corrected chi connectivity index (χ1v) is 21.2. The summed E-state index contributed by atoms with van der Waals surface area (Å²) in [5.74, 6) is -1.48. The quantitative estimate of drug-likeness (QED) is 0.112. The maximum Gasteiger partial charge on any atom is 0.312 e. The predicted molar refractivity (Wildman–Crippen MR) is 202 cm³/mol. The van der Waals surface area contributed by atoms with Gasteiger partial charge in [0.25, 0.3) is 0 Å². The first kappa shape index (κ1) is 44.7. The average Bonchev–Trinajstić information content (AvgIpc) is 3.15. The van der Waals surface area contributed by atoms with E-state index in [0.29, 0.717) is 38.5 Å². The molecule has 11 N–H and O–H groups in total. The molecule has 2 aliphatic heterocycles. The van der Waals surface area contributed by atoms with E-state index >= 15 is 0 Å². The van der Waals surface area contributed by atoms with Gasteiger partial charge in [-0.1, -0.05) is 53.2 Å². The Kier molecular flexibility index (Phi) is 11.7. The fourth-order valence-electron chi connectivity index (χ4n) is 13.9. The molecular formula is C42H68O16. The predicted octanol–water partition coefficient (Wildman–Crippen LogP) is -0.204. The van der Waals surface area contributed by atoms with Gasteiger partial charge >= 0.3 is 5.97 Å². The van der Waals surface area contributed by atoms with Gasteiger partial charge < -0.3 is 75.1 Å². The molecule has 16 nitrogen and oxygen atoms in total. The van der Waals surface area contributed by atoms with Gasteiger partial charge in [0.2, 0.25) is 0 Å². The van der Waals surface area contributed by atoms with Crippen molar-refractivity contribution in [2.45, 2.75) is 173 Å². The lowest BCUT2D eigenvalue weighted by molar-refractivity contribution is -0.374. The van der Waals surface area contributed by atoms with Crippen molar-refractivity contribution in [1.29, 1.82) is 0 Å². The molecule has 0 aromatic carbocycles. The smallest absolute Gasteiger partial charge is 0.312 e. The van der Waals surface area contributed by atoms with Crippen LogP contribution in [-0.2, 0) is 23.7 Å². The number of hydrogen-bond acceptors (Lipinski definition) is 15. The standard InChI is InChI=1S/C42H68O16/c1-37(2)11-12-42(36(53)54)20(13-37)19-7-8-25-38(3)14-21(46)33(39(4,18-45)24(38)9-10-40(25,5)41(19,6)15-26(42)47)58-35-31(52)29(50)32(23(17-44)56-35)57-34-30(51)28(49)27(48)22(16-43)55-34/h7,20-35,43-52H,8-18H2,1-6H3,(H,53,54). The van der Waals surface area contributed by atoms with E-state index in [9.17, 15) is 61.0 Å². The van der Waals surface area contributed by atoms with Gasteiger partial charge in [-0.3, -0.25) is 4.79 Å². The zero-order chi connectivity index (χ0) is 42.7. The molecule has 0 aromatic rings. The fourth-order valence-corrected chi connectivity index (χ4v) is 13.9. The van der Waals surface area contributed by atoms with E-state index in [2.05, 4.69) is 40.7 Å². The SMILES string of the molecule is CC1(C)CCC2(C(=O)O)C(O)CC3(C)C(=CCC4C5(C)CC(O)C(OC6OC(CO)C(OC7OC(CO)C(O)C(O)C7O)C(O)C6O)C(C)(CO)C5CCC43C)C2C1. The number of carboxylic acid groups (broad SMARTS) is 1. The lowest BCUT2D eigenvalue weighted by Crippen LogP contribution is -2.70. The van der Waals surface area contributed by atoms with Gasteiger partial charge in [0.05, 0.1) is 38.1 Å². The monoisotopic (exact) mass is 828 g/mol. The van der Waals surface area contributed by atoms with Crippen molar-refractivity contribution in [2.24, 2.45) is 50.2 Å². The highest BCUT2D eigenvalue weighted by Gasteiger charge is 2.72. The van der Waals surface area contributed by atoms with Crippen LogP contribution in [0.25, 0.3) is 0 Å². The Morgan fingerprint density at radius 3 is 1.98 bits per heavy atom. The molecule has 0 spiro atoms. The van der Waals surface area contributed by atoms with Gasteiger partial charge in [-0.25, -0.2) is 0 Å². The average molecular weight is 829 g/mol. The Balaban J connectivity index is 1.14. The van der Waals surface area contributed by atoms with Crippen molar-refractivity contribution in [1.82, 2.24) is 0 Å². The highest BCUT2D eigenvalue weighted by molar-refractivity contribution is 5.77. The molecule has 4 saturated carbocycles. The minimum Gasteiger partial charge on any atom is -0.481 e. The fraction of sp³-hybridized carbons (Fsp3) is 0.929. The van der Waals surface area contributed by atoms with Crippen molar-refractivity contribution in [3.8, 4) is 0 Å². The summed E-state index contributed by atoms with van der Waals surface area (Å²) in [5.41, 5.74) is -2.78. The van der Waals surface area contributed by atoms with Gasteiger partial charge in [0, 0.05) is 5.41 Å². The van der Waals surface area contributed by atoms with Gasteiger partial charge in [0.15, 0.2) is 12.6 Å². The van der Waals surface area contributed by atoms with Gasteiger partial charge in [-0.2, -0.15) is 0 Å². The van der Waals surface area contributed by atoms with Crippen LogP contribution in [0.2, 0.25) is 0 Å². The second-order valence-electron chi connectivity index (χ2n) is 20.8. The Hall–Kier alpha value is -1.35. The van der Waals surface area contributed by atoms with Crippen molar-refractivity contribution in [3.05, 3.63) is 11.6 Å². The Morgan fingerprint density at radius 2 is 1.36 bits per heavy atom. The topological polar surface area (TPSA) is 277 Å². The lowest BCUT2D eigenvalue weighted by Gasteiger charge is -2.72. The highest BCUT2D eigenvalue weighted by atomic mass is 16.7. The van der Waals surface area contributed by atoms with Crippen LogP contribution < -0.4 is 0 Å². The molecule has 58 heavy (non-hydrogen) atoms. The summed E-state index contributed by atoms with van der Waals surface area (Å²) in [7, 11) is 0. The number of fused-ring (bicyclic) bond motifs is 7. The van der Waals surface area contributed by atoms with Crippen LogP contribution in [0.3, 0.4) is 0 Å². The molecule has 7 aliphatic rings. The second-order valence-corrected chi connectivity index (χ2v) is 20.8. The van der Waals surface area contributed by atoms with Crippen molar-refractivity contribution in [2.75, 3.05) is 19.8 Å². The number of rotatable bonds is 8. The van der Waals surface area contributed by atoms with E-state index in [0.717, 1.165) is 12.0 Å². The van der Waals surface area contributed by atoms with E-state index in [4.69, 9.17) is 18.9 Å². The van der Waals surface area contributed by atoms with Crippen LogP contribution in [0.1, 0.15) is 92.9 Å². The van der Waals surface area contributed by atoms with Crippen molar-refractivity contribution in [3.63, 3.8) is 0 Å². The lowest BCUT2D eigenvalue weighted by atomic mass is 9.33. The number of aliphatic carboxylic acids is 1. The molecule has 332 valence electrons. The third-order valence-electron chi connectivity index (χ3n) is 17.4. The molecule has 2 saturated heterocycles. The van der Waals surface area contributed by atoms with Gasteiger partial charge in [-0.15, -0.1) is 0 Å². The maximum atomic E-state index is 13.1. The summed E-state index contributed by atoms with van der Waals surface area (Å²) in [6.07, 6.45) is -13.1. The van der Waals surface area contributed by atoms with Crippen LogP contribution in [0, 0.1) is 50.2 Å². The van der Waals surface area contributed by atoms with E-state index in [1.54, 1.807) is 0 Å². The number of ether oxygens (including phenoxy) is 4. The summed E-state index contributed by atoms with van der Waals surface area (Å²) in [6, 6.07) is 0. The molecule has 0 radical (unpaired) electrons. The molecule has 7 rings (SSSR count). The van der Waals surface area contributed by atoms with E-state index in [-0.39, 0.29) is 29.6 Å². The molecule has 0 amide bonds. The molecule has 2 heterocycles. The Bertz CT molecular complexity index is 1570.